The molecule has 1 aromatic carbocycles. The Hall–Kier alpha value is -1.68. The molecule has 1 fully saturated rings. The maximum Gasteiger partial charge on any atom is 0.240 e. The molecular weight excluding hydrogens is 250 g/mol. The SMILES string of the molecule is CCC(C)NCc1nc(C2(c3ccccc3)CC2)no1. The molecule has 0 radical (unpaired) electrons. The summed E-state index contributed by atoms with van der Waals surface area (Å²) in [7, 11) is 0. The third-order valence-electron chi connectivity index (χ3n) is 4.19. The Morgan fingerprint density at radius 2 is 2.05 bits per heavy atom. The molecule has 1 atom stereocenters. The van der Waals surface area contributed by atoms with E-state index in [0.29, 0.717) is 18.5 Å². The summed E-state index contributed by atoms with van der Waals surface area (Å²) in [5, 5.41) is 7.58. The first-order valence-corrected chi connectivity index (χ1v) is 7.36. The molecule has 4 nitrogen and oxygen atoms in total. The van der Waals surface area contributed by atoms with Gasteiger partial charge in [0.05, 0.1) is 12.0 Å². The zero-order valence-electron chi connectivity index (χ0n) is 12.1. The Labute approximate surface area is 119 Å². The molecule has 106 valence electrons. The molecule has 2 aromatic rings. The van der Waals surface area contributed by atoms with Gasteiger partial charge in [-0.05, 0) is 31.7 Å². The summed E-state index contributed by atoms with van der Waals surface area (Å²) in [4.78, 5) is 4.59. The highest BCUT2D eigenvalue weighted by Crippen LogP contribution is 2.52. The van der Waals surface area contributed by atoms with E-state index in [0.717, 1.165) is 25.1 Å². The highest BCUT2D eigenvalue weighted by Gasteiger charge is 2.49. The molecule has 1 heterocycles. The van der Waals surface area contributed by atoms with E-state index in [9.17, 15) is 0 Å². The number of aromatic nitrogens is 2. The smallest absolute Gasteiger partial charge is 0.240 e. The van der Waals surface area contributed by atoms with E-state index in [4.69, 9.17) is 4.52 Å². The summed E-state index contributed by atoms with van der Waals surface area (Å²) >= 11 is 0. The van der Waals surface area contributed by atoms with Crippen LogP contribution in [-0.2, 0) is 12.0 Å². The minimum absolute atomic E-state index is 0.000613. The maximum absolute atomic E-state index is 5.38. The number of hydrogen-bond donors (Lipinski definition) is 1. The third kappa shape index (κ3) is 2.48. The Morgan fingerprint density at radius 3 is 2.70 bits per heavy atom. The molecule has 1 aliphatic carbocycles. The quantitative estimate of drug-likeness (QED) is 0.877. The van der Waals surface area contributed by atoms with Crippen molar-refractivity contribution in [2.45, 2.75) is 51.1 Å². The van der Waals surface area contributed by atoms with E-state index >= 15 is 0 Å². The van der Waals surface area contributed by atoms with E-state index in [-0.39, 0.29) is 5.41 Å². The van der Waals surface area contributed by atoms with Crippen LogP contribution in [0.1, 0.15) is 50.4 Å². The van der Waals surface area contributed by atoms with Gasteiger partial charge in [-0.2, -0.15) is 4.98 Å². The summed E-state index contributed by atoms with van der Waals surface area (Å²) in [6.07, 6.45) is 3.30. The van der Waals surface area contributed by atoms with Crippen molar-refractivity contribution in [3.8, 4) is 0 Å². The van der Waals surface area contributed by atoms with Crippen molar-refractivity contribution in [3.63, 3.8) is 0 Å². The van der Waals surface area contributed by atoms with Crippen molar-refractivity contribution in [1.29, 1.82) is 0 Å². The summed E-state index contributed by atoms with van der Waals surface area (Å²) in [6, 6.07) is 11.0. The van der Waals surface area contributed by atoms with Crippen molar-refractivity contribution in [2.24, 2.45) is 0 Å². The van der Waals surface area contributed by atoms with E-state index in [2.05, 4.69) is 53.6 Å². The normalized spacial score (nSPS) is 17.9. The van der Waals surface area contributed by atoms with Gasteiger partial charge in [0.2, 0.25) is 5.89 Å². The minimum atomic E-state index is -0.000613. The van der Waals surface area contributed by atoms with Gasteiger partial charge in [0, 0.05) is 6.04 Å². The summed E-state index contributed by atoms with van der Waals surface area (Å²) in [6.45, 7) is 4.96. The Balaban J connectivity index is 1.74. The van der Waals surface area contributed by atoms with E-state index < -0.39 is 0 Å². The van der Waals surface area contributed by atoms with Crippen LogP contribution in [-0.4, -0.2) is 16.2 Å². The molecule has 3 rings (SSSR count). The number of benzene rings is 1. The third-order valence-corrected chi connectivity index (χ3v) is 4.19. The van der Waals surface area contributed by atoms with Gasteiger partial charge in [0.15, 0.2) is 5.82 Å². The number of nitrogens with one attached hydrogen (secondary N) is 1. The molecule has 0 amide bonds. The second-order valence-electron chi connectivity index (χ2n) is 5.65. The van der Waals surface area contributed by atoms with Crippen LogP contribution in [0.25, 0.3) is 0 Å². The first-order chi connectivity index (χ1) is 9.74. The second-order valence-corrected chi connectivity index (χ2v) is 5.65. The van der Waals surface area contributed by atoms with Crippen LogP contribution in [0.3, 0.4) is 0 Å². The molecule has 1 N–H and O–H groups in total. The van der Waals surface area contributed by atoms with Crippen LogP contribution in [0.2, 0.25) is 0 Å². The van der Waals surface area contributed by atoms with E-state index in [1.165, 1.54) is 5.56 Å². The molecule has 0 aliphatic heterocycles. The topological polar surface area (TPSA) is 51.0 Å². The van der Waals surface area contributed by atoms with Gasteiger partial charge < -0.3 is 9.84 Å². The van der Waals surface area contributed by atoms with Gasteiger partial charge in [-0.1, -0.05) is 42.4 Å². The average Bonchev–Trinajstić information content (AvgIpc) is 3.18. The highest BCUT2D eigenvalue weighted by atomic mass is 16.5. The van der Waals surface area contributed by atoms with Gasteiger partial charge in [0.25, 0.3) is 0 Å². The lowest BCUT2D eigenvalue weighted by molar-refractivity contribution is 0.352. The largest absolute Gasteiger partial charge is 0.338 e. The standard InChI is InChI=1S/C16H21N3O/c1-3-12(2)17-11-14-18-15(19-20-14)16(9-10-16)13-7-5-4-6-8-13/h4-8,12,17H,3,9-11H2,1-2H3. The summed E-state index contributed by atoms with van der Waals surface area (Å²) in [5.74, 6) is 1.52. The predicted molar refractivity (Wildman–Crippen MR) is 77.3 cm³/mol. The fourth-order valence-corrected chi connectivity index (χ4v) is 2.45. The predicted octanol–water partition coefficient (Wildman–Crippen LogP) is 3.04. The number of nitrogens with zero attached hydrogens (tertiary/aromatic N) is 2. The van der Waals surface area contributed by atoms with Crippen LogP contribution < -0.4 is 5.32 Å². The molecule has 0 bridgehead atoms. The molecule has 0 spiro atoms. The Kier molecular flexibility index (Phi) is 3.57. The monoisotopic (exact) mass is 271 g/mol. The molecule has 4 heteroatoms. The first kappa shape index (κ1) is 13.3. The van der Waals surface area contributed by atoms with Crippen LogP contribution in [0.5, 0.6) is 0 Å². The van der Waals surface area contributed by atoms with Gasteiger partial charge >= 0.3 is 0 Å². The van der Waals surface area contributed by atoms with Gasteiger partial charge in [-0.15, -0.1) is 0 Å². The van der Waals surface area contributed by atoms with E-state index in [1.54, 1.807) is 0 Å². The summed E-state index contributed by atoms with van der Waals surface area (Å²) in [5.41, 5.74) is 1.29. The maximum atomic E-state index is 5.38. The second kappa shape index (κ2) is 5.37. The fraction of sp³-hybridized carbons (Fsp3) is 0.500. The van der Waals surface area contributed by atoms with Crippen LogP contribution in [0.15, 0.2) is 34.9 Å². The highest BCUT2D eigenvalue weighted by molar-refractivity contribution is 5.38. The van der Waals surface area contributed by atoms with Crippen LogP contribution >= 0.6 is 0 Å². The molecule has 1 unspecified atom stereocenters. The minimum Gasteiger partial charge on any atom is -0.338 e. The van der Waals surface area contributed by atoms with E-state index in [1.807, 2.05) is 6.07 Å². The summed E-state index contributed by atoms with van der Waals surface area (Å²) < 4.78 is 5.38. The van der Waals surface area contributed by atoms with Crippen LogP contribution in [0.4, 0.5) is 0 Å². The van der Waals surface area contributed by atoms with Crippen molar-refractivity contribution in [1.82, 2.24) is 15.5 Å². The van der Waals surface area contributed by atoms with Crippen molar-refractivity contribution in [3.05, 3.63) is 47.6 Å². The Bertz CT molecular complexity index is 560. The molecule has 1 saturated carbocycles. The molecular formula is C16H21N3O. The van der Waals surface area contributed by atoms with Crippen molar-refractivity contribution >= 4 is 0 Å². The number of hydrogen-bond acceptors (Lipinski definition) is 4. The number of rotatable bonds is 6. The lowest BCUT2D eigenvalue weighted by atomic mass is 9.95. The zero-order chi connectivity index (χ0) is 14.0. The van der Waals surface area contributed by atoms with Gasteiger partial charge in [-0.3, -0.25) is 0 Å². The van der Waals surface area contributed by atoms with Crippen LogP contribution in [0, 0.1) is 0 Å². The van der Waals surface area contributed by atoms with Gasteiger partial charge in [0.1, 0.15) is 0 Å². The fourth-order valence-electron chi connectivity index (χ4n) is 2.45. The van der Waals surface area contributed by atoms with Gasteiger partial charge in [-0.25, -0.2) is 0 Å². The molecule has 1 aliphatic rings. The van der Waals surface area contributed by atoms with Crippen molar-refractivity contribution in [2.75, 3.05) is 0 Å². The lowest BCUT2D eigenvalue weighted by Gasteiger charge is -2.10. The molecule has 20 heavy (non-hydrogen) atoms. The van der Waals surface area contributed by atoms with Crippen molar-refractivity contribution < 1.29 is 4.52 Å². The zero-order valence-corrected chi connectivity index (χ0v) is 12.1. The lowest BCUT2D eigenvalue weighted by Crippen LogP contribution is -2.24. The average molecular weight is 271 g/mol. The molecule has 1 aromatic heterocycles. The first-order valence-electron chi connectivity index (χ1n) is 7.36. The Morgan fingerprint density at radius 1 is 1.30 bits per heavy atom. The molecule has 0 saturated heterocycles.